The van der Waals surface area contributed by atoms with Gasteiger partial charge in [-0.1, -0.05) is 66.2 Å². The molecule has 4 nitrogen and oxygen atoms in total. The highest BCUT2D eigenvalue weighted by atomic mass is 16.1. The Morgan fingerprint density at radius 2 is 1.57 bits per heavy atom. The number of benzene rings is 2. The van der Waals surface area contributed by atoms with Crippen LogP contribution in [0.3, 0.4) is 0 Å². The molecule has 0 aliphatic heterocycles. The average molecular weight is 370 g/mol. The van der Waals surface area contributed by atoms with Crippen molar-refractivity contribution >= 4 is 5.65 Å². The third-order valence-corrected chi connectivity index (χ3v) is 5.02. The second-order valence-corrected chi connectivity index (χ2v) is 7.26. The second kappa shape index (κ2) is 7.79. The molecule has 2 aromatic carbocycles. The summed E-state index contributed by atoms with van der Waals surface area (Å²) >= 11 is 0. The number of quaternary nitrogens is 1. The lowest BCUT2D eigenvalue weighted by Crippen LogP contribution is -2.84. The topological polar surface area (TPSA) is 51.0 Å². The number of rotatable bonds is 5. The van der Waals surface area contributed by atoms with Gasteiger partial charge in [0.15, 0.2) is 0 Å². The maximum atomic E-state index is 12.5. The fourth-order valence-electron chi connectivity index (χ4n) is 3.50. The molecule has 2 aromatic heterocycles. The molecule has 28 heavy (non-hydrogen) atoms. The fraction of sp³-hybridized carbons (Fsp3) is 0.167. The lowest BCUT2D eigenvalue weighted by atomic mass is 9.98. The van der Waals surface area contributed by atoms with Crippen LogP contribution in [0.2, 0.25) is 0 Å². The van der Waals surface area contributed by atoms with Crippen LogP contribution in [0.1, 0.15) is 34.0 Å². The molecule has 0 unspecified atom stereocenters. The smallest absolute Gasteiger partial charge is 0.258 e. The van der Waals surface area contributed by atoms with Crippen molar-refractivity contribution in [3.63, 3.8) is 0 Å². The van der Waals surface area contributed by atoms with Gasteiger partial charge < -0.3 is 5.32 Å². The van der Waals surface area contributed by atoms with Crippen LogP contribution in [-0.2, 0) is 6.54 Å². The van der Waals surface area contributed by atoms with Crippen LogP contribution < -0.4 is 10.9 Å². The van der Waals surface area contributed by atoms with Crippen LogP contribution in [-0.4, -0.2) is 9.38 Å². The highest BCUT2D eigenvalue weighted by Gasteiger charge is 2.18. The van der Waals surface area contributed by atoms with Gasteiger partial charge >= 0.3 is 0 Å². The first-order chi connectivity index (χ1) is 13.6. The van der Waals surface area contributed by atoms with Crippen LogP contribution in [0, 0.1) is 13.8 Å². The van der Waals surface area contributed by atoms with Crippen molar-refractivity contribution in [1.82, 2.24) is 9.38 Å². The predicted molar refractivity (Wildman–Crippen MR) is 111 cm³/mol. The van der Waals surface area contributed by atoms with Gasteiger partial charge in [-0.2, -0.15) is 0 Å². The van der Waals surface area contributed by atoms with E-state index >= 15 is 0 Å². The highest BCUT2D eigenvalue weighted by Crippen LogP contribution is 2.18. The van der Waals surface area contributed by atoms with Gasteiger partial charge in [-0.25, -0.2) is 4.98 Å². The van der Waals surface area contributed by atoms with Gasteiger partial charge in [0.05, 0.1) is 0 Å². The summed E-state index contributed by atoms with van der Waals surface area (Å²) in [6, 6.07) is 24.8. The minimum absolute atomic E-state index is 0.0382. The molecular formula is C24H24N3O+. The van der Waals surface area contributed by atoms with Crippen molar-refractivity contribution in [2.24, 2.45) is 0 Å². The summed E-state index contributed by atoms with van der Waals surface area (Å²) in [7, 11) is 0. The summed E-state index contributed by atoms with van der Waals surface area (Å²) in [6.45, 7) is 4.70. The van der Waals surface area contributed by atoms with E-state index in [4.69, 9.17) is 0 Å². The molecule has 0 spiro atoms. The lowest BCUT2D eigenvalue weighted by Gasteiger charge is -2.17. The Kier molecular flexibility index (Phi) is 5.04. The van der Waals surface area contributed by atoms with E-state index in [0.29, 0.717) is 12.2 Å². The molecule has 0 saturated heterocycles. The summed E-state index contributed by atoms with van der Waals surface area (Å²) in [5, 5.41) is 2.24. The number of aromatic nitrogens is 2. The monoisotopic (exact) mass is 370 g/mol. The van der Waals surface area contributed by atoms with Crippen molar-refractivity contribution in [3.05, 3.63) is 117 Å². The molecule has 0 saturated carbocycles. The molecule has 0 bridgehead atoms. The zero-order valence-electron chi connectivity index (χ0n) is 16.2. The molecule has 0 radical (unpaired) electrons. The van der Waals surface area contributed by atoms with Crippen molar-refractivity contribution in [2.75, 3.05) is 0 Å². The van der Waals surface area contributed by atoms with Crippen LogP contribution in [0.15, 0.2) is 83.8 Å². The normalized spacial score (nSPS) is 12.2. The molecule has 4 heteroatoms. The standard InChI is InChI=1S/C24H23N3O/c1-17-8-11-20(12-9-17)24(19-6-4-3-5-7-19)25-15-21-14-23(28)27-16-18(2)10-13-22(27)26-21/h3-14,16,24-25H,15H2,1-2H3/p+1/t24-/m0/s1. The number of hydrogen-bond acceptors (Lipinski definition) is 2. The van der Waals surface area contributed by atoms with Gasteiger partial charge in [0.25, 0.3) is 5.56 Å². The minimum atomic E-state index is -0.0382. The summed E-state index contributed by atoms with van der Waals surface area (Å²) in [5.74, 6) is 0. The van der Waals surface area contributed by atoms with Gasteiger partial charge in [0.1, 0.15) is 23.9 Å². The Labute approximate surface area is 164 Å². The molecule has 2 N–H and O–H groups in total. The molecule has 0 aliphatic carbocycles. The van der Waals surface area contributed by atoms with E-state index in [0.717, 1.165) is 11.3 Å². The van der Waals surface area contributed by atoms with Crippen molar-refractivity contribution < 1.29 is 5.32 Å². The number of nitrogens with two attached hydrogens (primary N) is 1. The van der Waals surface area contributed by atoms with Crippen LogP contribution in [0.5, 0.6) is 0 Å². The Morgan fingerprint density at radius 1 is 0.893 bits per heavy atom. The number of hydrogen-bond donors (Lipinski definition) is 1. The summed E-state index contributed by atoms with van der Waals surface area (Å²) in [4.78, 5) is 17.2. The molecule has 0 amide bonds. The van der Waals surface area contributed by atoms with E-state index in [1.54, 1.807) is 10.5 Å². The summed E-state index contributed by atoms with van der Waals surface area (Å²) in [6.07, 6.45) is 1.83. The van der Waals surface area contributed by atoms with Crippen LogP contribution >= 0.6 is 0 Å². The summed E-state index contributed by atoms with van der Waals surface area (Å²) < 4.78 is 1.60. The SMILES string of the molecule is Cc1ccc([C@@H]([NH2+]Cc2cc(=O)n3cc(C)ccc3n2)c2ccccc2)cc1. The number of aryl methyl sites for hydroxylation is 2. The molecule has 4 aromatic rings. The van der Waals surface area contributed by atoms with Gasteiger partial charge in [0, 0.05) is 23.4 Å². The fourth-order valence-corrected chi connectivity index (χ4v) is 3.50. The third-order valence-electron chi connectivity index (χ3n) is 5.02. The van der Waals surface area contributed by atoms with E-state index in [1.807, 2.05) is 31.3 Å². The Hall–Kier alpha value is -3.24. The first-order valence-electron chi connectivity index (χ1n) is 9.54. The van der Waals surface area contributed by atoms with Gasteiger partial charge in [-0.3, -0.25) is 9.20 Å². The zero-order valence-corrected chi connectivity index (χ0v) is 16.2. The van der Waals surface area contributed by atoms with Crippen molar-refractivity contribution in [2.45, 2.75) is 26.4 Å². The third kappa shape index (κ3) is 3.87. The van der Waals surface area contributed by atoms with E-state index < -0.39 is 0 Å². The van der Waals surface area contributed by atoms with Crippen LogP contribution in [0.25, 0.3) is 5.65 Å². The molecule has 0 fully saturated rings. The molecular weight excluding hydrogens is 346 g/mol. The average Bonchev–Trinajstić information content (AvgIpc) is 2.71. The molecule has 2 heterocycles. The van der Waals surface area contributed by atoms with Gasteiger partial charge in [-0.05, 0) is 25.5 Å². The van der Waals surface area contributed by atoms with E-state index in [1.165, 1.54) is 16.7 Å². The molecule has 4 rings (SSSR count). The van der Waals surface area contributed by atoms with E-state index in [2.05, 4.69) is 65.8 Å². The first kappa shape index (κ1) is 18.1. The van der Waals surface area contributed by atoms with Crippen molar-refractivity contribution in [1.29, 1.82) is 0 Å². The van der Waals surface area contributed by atoms with Gasteiger partial charge in [0.2, 0.25) is 0 Å². The lowest BCUT2D eigenvalue weighted by molar-refractivity contribution is -0.702. The number of pyridine rings is 1. The Balaban J connectivity index is 1.64. The molecule has 0 aliphatic rings. The van der Waals surface area contributed by atoms with Crippen LogP contribution in [0.4, 0.5) is 0 Å². The predicted octanol–water partition coefficient (Wildman–Crippen LogP) is 3.16. The molecule has 140 valence electrons. The van der Waals surface area contributed by atoms with Crippen molar-refractivity contribution in [3.8, 4) is 0 Å². The first-order valence-corrected chi connectivity index (χ1v) is 9.54. The maximum absolute atomic E-state index is 12.5. The van der Waals surface area contributed by atoms with E-state index in [-0.39, 0.29) is 11.6 Å². The largest absolute Gasteiger partial charge is 0.331 e. The Morgan fingerprint density at radius 3 is 2.32 bits per heavy atom. The number of fused-ring (bicyclic) bond motifs is 1. The molecule has 1 atom stereocenters. The van der Waals surface area contributed by atoms with Gasteiger partial charge in [-0.15, -0.1) is 0 Å². The highest BCUT2D eigenvalue weighted by molar-refractivity contribution is 5.40. The second-order valence-electron chi connectivity index (χ2n) is 7.26. The van der Waals surface area contributed by atoms with E-state index in [9.17, 15) is 4.79 Å². The quantitative estimate of drug-likeness (QED) is 0.587. The Bertz CT molecular complexity index is 1150. The summed E-state index contributed by atoms with van der Waals surface area (Å²) in [5.41, 5.74) is 6.21. The minimum Gasteiger partial charge on any atom is -0.331 e. The maximum Gasteiger partial charge on any atom is 0.258 e. The zero-order chi connectivity index (χ0) is 19.5. The number of nitrogens with zero attached hydrogens (tertiary/aromatic N) is 2.